The monoisotopic (exact) mass is 473 g/mol. The molecular formula is C25H26F3N3O3. The van der Waals surface area contributed by atoms with Crippen LogP contribution in [-0.4, -0.2) is 29.3 Å². The topological polar surface area (TPSA) is 65.4 Å². The van der Waals surface area contributed by atoms with Crippen molar-refractivity contribution in [2.24, 2.45) is 0 Å². The minimum atomic E-state index is -4.45. The fraction of sp³-hybridized carbons (Fsp3) is 0.360. The molecule has 0 aliphatic heterocycles. The summed E-state index contributed by atoms with van der Waals surface area (Å²) in [4.78, 5) is 12.4. The van der Waals surface area contributed by atoms with Crippen LogP contribution < -0.4 is 14.8 Å². The van der Waals surface area contributed by atoms with Crippen molar-refractivity contribution in [3.05, 3.63) is 77.1 Å². The lowest BCUT2D eigenvalue weighted by atomic mass is 10.1. The van der Waals surface area contributed by atoms with Gasteiger partial charge in [0.25, 0.3) is 5.91 Å². The third kappa shape index (κ3) is 6.09. The summed E-state index contributed by atoms with van der Waals surface area (Å²) >= 11 is 0. The Labute approximate surface area is 195 Å². The van der Waals surface area contributed by atoms with E-state index in [0.717, 1.165) is 30.2 Å². The van der Waals surface area contributed by atoms with E-state index in [2.05, 4.69) is 10.4 Å². The second kappa shape index (κ2) is 10.2. The number of nitrogens with one attached hydrogen (secondary N) is 1. The Morgan fingerprint density at radius 3 is 2.38 bits per heavy atom. The second-order valence-electron chi connectivity index (χ2n) is 8.22. The summed E-state index contributed by atoms with van der Waals surface area (Å²) in [6.07, 6.45) is -2.19. The number of carbonyl (C=O) groups excluding carboxylic acids is 1. The maximum Gasteiger partial charge on any atom is 0.435 e. The fourth-order valence-corrected chi connectivity index (χ4v) is 3.58. The van der Waals surface area contributed by atoms with Crippen molar-refractivity contribution in [3.8, 4) is 11.5 Å². The third-order valence-electron chi connectivity index (χ3n) is 5.61. The zero-order chi connectivity index (χ0) is 24.1. The van der Waals surface area contributed by atoms with E-state index in [0.29, 0.717) is 43.1 Å². The number of benzene rings is 2. The maximum atomic E-state index is 13.0. The molecule has 1 amide bonds. The van der Waals surface area contributed by atoms with Crippen molar-refractivity contribution in [2.45, 2.75) is 44.5 Å². The van der Waals surface area contributed by atoms with Gasteiger partial charge in [-0.15, -0.1) is 0 Å². The number of methoxy groups -OCH3 is 1. The van der Waals surface area contributed by atoms with Crippen LogP contribution in [0.3, 0.4) is 0 Å². The number of nitrogens with zero attached hydrogens (tertiary/aromatic N) is 2. The molecule has 1 aliphatic rings. The average Bonchev–Trinajstić information content (AvgIpc) is 3.59. The molecule has 6 nitrogen and oxygen atoms in total. The first kappa shape index (κ1) is 23.7. The minimum absolute atomic E-state index is 0.158. The summed E-state index contributed by atoms with van der Waals surface area (Å²) in [7, 11) is 1.60. The van der Waals surface area contributed by atoms with E-state index in [1.54, 1.807) is 19.2 Å². The van der Waals surface area contributed by atoms with E-state index in [1.807, 2.05) is 36.4 Å². The molecule has 0 unspecified atom stereocenters. The summed E-state index contributed by atoms with van der Waals surface area (Å²) in [6, 6.07) is 15.5. The van der Waals surface area contributed by atoms with Gasteiger partial charge >= 0.3 is 6.18 Å². The first-order valence-electron chi connectivity index (χ1n) is 11.1. The van der Waals surface area contributed by atoms with Crippen molar-refractivity contribution < 1.29 is 27.4 Å². The van der Waals surface area contributed by atoms with Crippen molar-refractivity contribution in [1.29, 1.82) is 0 Å². The molecule has 1 fully saturated rings. The van der Waals surface area contributed by atoms with E-state index in [-0.39, 0.29) is 11.8 Å². The van der Waals surface area contributed by atoms with E-state index in [9.17, 15) is 18.0 Å². The van der Waals surface area contributed by atoms with E-state index in [1.165, 1.54) is 4.68 Å². The largest absolute Gasteiger partial charge is 0.497 e. The molecule has 34 heavy (non-hydrogen) atoms. The summed E-state index contributed by atoms with van der Waals surface area (Å²) in [6.45, 7) is 1.03. The molecule has 4 rings (SSSR count). The molecule has 1 saturated carbocycles. The number of aromatic nitrogens is 2. The van der Waals surface area contributed by atoms with Crippen molar-refractivity contribution >= 4 is 5.91 Å². The van der Waals surface area contributed by atoms with Crippen molar-refractivity contribution in [3.63, 3.8) is 0 Å². The number of hydrogen-bond acceptors (Lipinski definition) is 4. The van der Waals surface area contributed by atoms with Gasteiger partial charge in [0.2, 0.25) is 0 Å². The number of rotatable bonds is 10. The number of carbonyl (C=O) groups is 1. The number of aryl methyl sites for hydroxylation is 1. The number of ether oxygens (including phenoxy) is 2. The first-order valence-corrected chi connectivity index (χ1v) is 11.1. The summed E-state index contributed by atoms with van der Waals surface area (Å²) in [5, 5.41) is 6.55. The molecule has 1 aromatic heterocycles. The van der Waals surface area contributed by atoms with E-state index < -0.39 is 11.9 Å². The molecule has 0 radical (unpaired) electrons. The van der Waals surface area contributed by atoms with Gasteiger partial charge in [0.1, 0.15) is 18.1 Å². The number of amides is 1. The van der Waals surface area contributed by atoms with Crippen LogP contribution in [0.2, 0.25) is 0 Å². The molecule has 0 spiro atoms. The Hall–Kier alpha value is -3.49. The molecule has 9 heteroatoms. The highest BCUT2D eigenvalue weighted by molar-refractivity contribution is 5.94. The number of halogens is 3. The summed E-state index contributed by atoms with van der Waals surface area (Å²) < 4.78 is 51.3. The molecule has 0 saturated heterocycles. The van der Waals surface area contributed by atoms with Crippen LogP contribution in [0.5, 0.6) is 11.5 Å². The Kier molecular flexibility index (Phi) is 7.09. The molecule has 1 N–H and O–H groups in total. The molecule has 180 valence electrons. The summed E-state index contributed by atoms with van der Waals surface area (Å²) in [5.74, 6) is 1.39. The van der Waals surface area contributed by atoms with Gasteiger partial charge in [-0.3, -0.25) is 9.48 Å². The van der Waals surface area contributed by atoms with Crippen molar-refractivity contribution in [2.75, 3.05) is 13.7 Å². The van der Waals surface area contributed by atoms with Crippen LogP contribution >= 0.6 is 0 Å². The minimum Gasteiger partial charge on any atom is -0.497 e. The normalized spacial score (nSPS) is 13.5. The van der Waals surface area contributed by atoms with Gasteiger partial charge in [-0.25, -0.2) is 0 Å². The van der Waals surface area contributed by atoms with Gasteiger partial charge in [0, 0.05) is 30.3 Å². The van der Waals surface area contributed by atoms with Gasteiger partial charge in [-0.2, -0.15) is 18.3 Å². The van der Waals surface area contributed by atoms with Crippen LogP contribution in [0.4, 0.5) is 13.2 Å². The number of hydrogen-bond donors (Lipinski definition) is 1. The highest BCUT2D eigenvalue weighted by Gasteiger charge is 2.37. The molecule has 1 aliphatic carbocycles. The third-order valence-corrected chi connectivity index (χ3v) is 5.61. The SMILES string of the molecule is COc1ccc(OCc2ccc(C(=O)NCCCn3nc(C(F)(F)F)cc3C3CC3)cc2)cc1. The lowest BCUT2D eigenvalue weighted by Crippen LogP contribution is -2.25. The van der Waals surface area contributed by atoms with Crippen LogP contribution in [0.1, 0.15) is 52.5 Å². The zero-order valence-electron chi connectivity index (χ0n) is 18.8. The van der Waals surface area contributed by atoms with Gasteiger partial charge in [0.15, 0.2) is 5.69 Å². The standard InChI is InChI=1S/C25H26F3N3O3/c1-33-20-9-11-21(12-10-20)34-16-17-3-5-19(6-4-17)24(32)29-13-2-14-31-22(18-7-8-18)15-23(30-31)25(26,27)28/h3-6,9-12,15,18H,2,7-8,13-14,16H2,1H3,(H,29,32). The molecule has 1 heterocycles. The summed E-state index contributed by atoms with van der Waals surface area (Å²) in [5.41, 5.74) is 1.20. The molecule has 0 bridgehead atoms. The van der Waals surface area contributed by atoms with Crippen LogP contribution in [0, 0.1) is 0 Å². The predicted octanol–water partition coefficient (Wildman–Crippen LogP) is 5.19. The van der Waals surface area contributed by atoms with E-state index >= 15 is 0 Å². The molecule has 3 aromatic rings. The average molecular weight is 473 g/mol. The Balaban J connectivity index is 1.23. The van der Waals surface area contributed by atoms with Crippen LogP contribution in [-0.2, 0) is 19.3 Å². The highest BCUT2D eigenvalue weighted by atomic mass is 19.4. The molecule has 0 atom stereocenters. The Morgan fingerprint density at radius 1 is 1.09 bits per heavy atom. The fourth-order valence-electron chi connectivity index (χ4n) is 3.58. The maximum absolute atomic E-state index is 13.0. The van der Waals surface area contributed by atoms with Crippen LogP contribution in [0.15, 0.2) is 54.6 Å². The van der Waals surface area contributed by atoms with Gasteiger partial charge in [0.05, 0.1) is 7.11 Å². The highest BCUT2D eigenvalue weighted by Crippen LogP contribution is 2.42. The second-order valence-corrected chi connectivity index (χ2v) is 8.22. The molecular weight excluding hydrogens is 447 g/mol. The zero-order valence-corrected chi connectivity index (χ0v) is 18.8. The number of alkyl halides is 3. The van der Waals surface area contributed by atoms with Gasteiger partial charge < -0.3 is 14.8 Å². The molecule has 2 aromatic carbocycles. The van der Waals surface area contributed by atoms with Crippen molar-refractivity contribution in [1.82, 2.24) is 15.1 Å². The Bertz CT molecular complexity index is 1110. The lowest BCUT2D eigenvalue weighted by Gasteiger charge is -2.09. The quantitative estimate of drug-likeness (QED) is 0.412. The first-order chi connectivity index (χ1) is 16.3. The van der Waals surface area contributed by atoms with Gasteiger partial charge in [-0.05, 0) is 67.3 Å². The van der Waals surface area contributed by atoms with Gasteiger partial charge in [-0.1, -0.05) is 12.1 Å². The predicted molar refractivity (Wildman–Crippen MR) is 120 cm³/mol. The van der Waals surface area contributed by atoms with E-state index in [4.69, 9.17) is 9.47 Å². The Morgan fingerprint density at radius 2 is 1.76 bits per heavy atom. The smallest absolute Gasteiger partial charge is 0.435 e. The lowest BCUT2D eigenvalue weighted by molar-refractivity contribution is -0.141. The van der Waals surface area contributed by atoms with Crippen LogP contribution in [0.25, 0.3) is 0 Å².